The fourth-order valence-corrected chi connectivity index (χ4v) is 3.35. The highest BCUT2D eigenvalue weighted by Gasteiger charge is 2.23. The molecule has 8 heteroatoms. The minimum atomic E-state index is -0.475. The predicted molar refractivity (Wildman–Crippen MR) is 127 cm³/mol. The monoisotopic (exact) mass is 456 g/mol. The number of hydrogen-bond acceptors (Lipinski definition) is 6. The van der Waals surface area contributed by atoms with Gasteiger partial charge in [0.15, 0.2) is 5.78 Å². The Morgan fingerprint density at radius 3 is 2.52 bits per heavy atom. The van der Waals surface area contributed by atoms with Gasteiger partial charge in [0.1, 0.15) is 12.6 Å². The number of nitrogens with one attached hydrogen (secondary N) is 1. The second-order valence-electron chi connectivity index (χ2n) is 8.60. The van der Waals surface area contributed by atoms with Crippen LogP contribution in [0.15, 0.2) is 43.1 Å². The van der Waals surface area contributed by atoms with Gasteiger partial charge in [0.2, 0.25) is 0 Å². The van der Waals surface area contributed by atoms with Crippen LogP contribution < -0.4 is 5.32 Å². The van der Waals surface area contributed by atoms with Crippen LogP contribution in [0.25, 0.3) is 0 Å². The summed E-state index contributed by atoms with van der Waals surface area (Å²) < 4.78 is 6.58. The maximum absolute atomic E-state index is 13.2. The molecule has 0 aliphatic heterocycles. The number of aromatic nitrogens is 3. The third kappa shape index (κ3) is 8.46. The molecule has 0 unspecified atom stereocenters. The van der Waals surface area contributed by atoms with Gasteiger partial charge in [0.05, 0.1) is 12.3 Å². The van der Waals surface area contributed by atoms with Crippen molar-refractivity contribution in [1.29, 1.82) is 0 Å². The molecule has 180 valence electrons. The number of aliphatic hydroxyl groups is 1. The van der Waals surface area contributed by atoms with Crippen LogP contribution in [-0.2, 0) is 22.6 Å². The lowest BCUT2D eigenvalue weighted by Gasteiger charge is -2.17. The number of hydrogen-bond donors (Lipinski definition) is 2. The fraction of sp³-hybridized carbons (Fsp3) is 0.520. The van der Waals surface area contributed by atoms with Crippen LogP contribution in [0, 0.1) is 5.92 Å². The molecule has 0 aliphatic carbocycles. The van der Waals surface area contributed by atoms with Crippen molar-refractivity contribution in [1.82, 2.24) is 20.3 Å². The van der Waals surface area contributed by atoms with Gasteiger partial charge >= 0.3 is 6.09 Å². The number of carbonyl (C=O) groups is 2. The zero-order valence-electron chi connectivity index (χ0n) is 19.9. The standard InChI is InChI=1S/C25H36N4O4/c1-5-14-33-25(32)26-13-7-6-8-23(29-16-22(27-28-29)19(4)18(2)3)24(31)15-20-9-11-21(17-30)12-10-20/h5,9-12,16,18-19,23,30H,1,6-8,13-15,17H2,2-4H3,(H,26,32)/t19-,23-/m0/s1. The zero-order chi connectivity index (χ0) is 24.2. The van der Waals surface area contributed by atoms with Crippen LogP contribution in [0.3, 0.4) is 0 Å². The highest BCUT2D eigenvalue weighted by atomic mass is 16.5. The third-order valence-electron chi connectivity index (χ3n) is 5.78. The lowest BCUT2D eigenvalue weighted by molar-refractivity contribution is -0.122. The van der Waals surface area contributed by atoms with Gasteiger partial charge in [0.25, 0.3) is 0 Å². The van der Waals surface area contributed by atoms with Crippen LogP contribution in [0.5, 0.6) is 0 Å². The molecule has 33 heavy (non-hydrogen) atoms. The maximum Gasteiger partial charge on any atom is 0.407 e. The number of nitrogens with zero attached hydrogens (tertiary/aromatic N) is 3. The second kappa shape index (κ2) is 13.5. The smallest absolute Gasteiger partial charge is 0.407 e. The van der Waals surface area contributed by atoms with Crippen molar-refractivity contribution in [2.24, 2.45) is 5.92 Å². The van der Waals surface area contributed by atoms with Crippen LogP contribution in [-0.4, -0.2) is 45.1 Å². The first-order chi connectivity index (χ1) is 15.8. The number of benzene rings is 1. The van der Waals surface area contributed by atoms with Gasteiger partial charge in [-0.3, -0.25) is 4.79 Å². The van der Waals surface area contributed by atoms with Crippen LogP contribution in [0.4, 0.5) is 4.79 Å². The lowest BCUT2D eigenvalue weighted by Crippen LogP contribution is -2.26. The quantitative estimate of drug-likeness (QED) is 0.329. The Morgan fingerprint density at radius 1 is 1.18 bits per heavy atom. The SMILES string of the molecule is C=CCOC(=O)NCCCC[C@@H](C(=O)Cc1ccc(CO)cc1)n1cc([C@@H](C)C(C)C)nn1. The molecule has 0 saturated heterocycles. The van der Waals surface area contributed by atoms with E-state index < -0.39 is 12.1 Å². The summed E-state index contributed by atoms with van der Waals surface area (Å²) in [5, 5.41) is 20.5. The molecule has 2 N–H and O–H groups in total. The molecule has 0 spiro atoms. The molecule has 8 nitrogen and oxygen atoms in total. The summed E-state index contributed by atoms with van der Waals surface area (Å²) in [7, 11) is 0. The Kier molecular flexibility index (Phi) is 10.8. The summed E-state index contributed by atoms with van der Waals surface area (Å²) in [4.78, 5) is 24.8. The van der Waals surface area contributed by atoms with Crippen molar-refractivity contribution in [3.05, 3.63) is 59.9 Å². The van der Waals surface area contributed by atoms with E-state index in [1.165, 1.54) is 6.08 Å². The van der Waals surface area contributed by atoms with E-state index in [2.05, 4.69) is 43.0 Å². The molecule has 1 aromatic carbocycles. The predicted octanol–water partition coefficient (Wildman–Crippen LogP) is 3.97. The van der Waals surface area contributed by atoms with E-state index in [0.29, 0.717) is 25.3 Å². The van der Waals surface area contributed by atoms with Gasteiger partial charge in [-0.15, -0.1) is 5.10 Å². The normalized spacial score (nSPS) is 12.9. The van der Waals surface area contributed by atoms with Gasteiger partial charge in [-0.25, -0.2) is 9.48 Å². The number of unbranched alkanes of at least 4 members (excludes halogenated alkanes) is 1. The first kappa shape index (κ1) is 26.3. The minimum Gasteiger partial charge on any atom is -0.445 e. The number of ether oxygens (including phenoxy) is 1. The molecule has 2 aromatic rings. The largest absolute Gasteiger partial charge is 0.445 e. The first-order valence-electron chi connectivity index (χ1n) is 11.5. The van der Waals surface area contributed by atoms with Gasteiger partial charge in [-0.2, -0.15) is 0 Å². The lowest BCUT2D eigenvalue weighted by atomic mass is 9.95. The van der Waals surface area contributed by atoms with Crippen molar-refractivity contribution in [3.63, 3.8) is 0 Å². The van der Waals surface area contributed by atoms with Gasteiger partial charge in [0, 0.05) is 25.1 Å². The average Bonchev–Trinajstić information content (AvgIpc) is 3.29. The zero-order valence-corrected chi connectivity index (χ0v) is 19.9. The van der Waals surface area contributed by atoms with Crippen LogP contribution >= 0.6 is 0 Å². The topological polar surface area (TPSA) is 106 Å². The molecule has 1 heterocycles. The Balaban J connectivity index is 2.03. The van der Waals surface area contributed by atoms with Gasteiger partial charge in [-0.1, -0.05) is 62.9 Å². The summed E-state index contributed by atoms with van der Waals surface area (Å²) in [5.41, 5.74) is 2.58. The number of Topliss-reactive ketones (excluding diaryl/α,β-unsaturated/α-hetero) is 1. The number of aliphatic hydroxyl groups excluding tert-OH is 1. The minimum absolute atomic E-state index is 0.0260. The summed E-state index contributed by atoms with van der Waals surface area (Å²) >= 11 is 0. The number of amides is 1. The summed E-state index contributed by atoms with van der Waals surface area (Å²) in [6, 6.07) is 6.95. The highest BCUT2D eigenvalue weighted by Crippen LogP contribution is 2.24. The Morgan fingerprint density at radius 2 is 1.88 bits per heavy atom. The third-order valence-corrected chi connectivity index (χ3v) is 5.78. The Labute approximate surface area is 196 Å². The number of rotatable bonds is 14. The van der Waals surface area contributed by atoms with E-state index in [1.807, 2.05) is 30.5 Å². The first-order valence-corrected chi connectivity index (χ1v) is 11.5. The van der Waals surface area contributed by atoms with Crippen LogP contribution in [0.1, 0.15) is 68.8 Å². The summed E-state index contributed by atoms with van der Waals surface area (Å²) in [6.07, 6.45) is 5.23. The van der Waals surface area contributed by atoms with E-state index in [9.17, 15) is 14.7 Å². The van der Waals surface area contributed by atoms with E-state index in [1.54, 1.807) is 4.68 Å². The number of alkyl carbamates (subject to hydrolysis) is 1. The van der Waals surface area contributed by atoms with Crippen molar-refractivity contribution >= 4 is 11.9 Å². The van der Waals surface area contributed by atoms with Crippen LogP contribution in [0.2, 0.25) is 0 Å². The molecule has 2 rings (SSSR count). The summed E-state index contributed by atoms with van der Waals surface area (Å²) in [6.45, 7) is 10.5. The fourth-order valence-electron chi connectivity index (χ4n) is 3.35. The number of ketones is 1. The van der Waals surface area contributed by atoms with Gasteiger partial charge in [-0.05, 0) is 36.3 Å². The van der Waals surface area contributed by atoms with E-state index in [4.69, 9.17) is 4.74 Å². The van der Waals surface area contributed by atoms with E-state index in [-0.39, 0.29) is 31.3 Å². The molecule has 0 bridgehead atoms. The van der Waals surface area contributed by atoms with E-state index in [0.717, 1.165) is 23.2 Å². The molecule has 0 saturated carbocycles. The molecular weight excluding hydrogens is 420 g/mol. The highest BCUT2D eigenvalue weighted by molar-refractivity contribution is 5.84. The average molecular weight is 457 g/mol. The molecule has 1 aromatic heterocycles. The van der Waals surface area contributed by atoms with Gasteiger partial charge < -0.3 is 15.2 Å². The number of carbonyl (C=O) groups excluding carboxylic acids is 2. The Bertz CT molecular complexity index is 892. The van der Waals surface area contributed by atoms with Crippen molar-refractivity contribution in [3.8, 4) is 0 Å². The second-order valence-corrected chi connectivity index (χ2v) is 8.60. The maximum atomic E-state index is 13.2. The molecular formula is C25H36N4O4. The molecule has 1 amide bonds. The van der Waals surface area contributed by atoms with E-state index >= 15 is 0 Å². The molecule has 0 fully saturated rings. The van der Waals surface area contributed by atoms with Crippen molar-refractivity contribution in [2.75, 3.05) is 13.2 Å². The molecule has 0 radical (unpaired) electrons. The van der Waals surface area contributed by atoms with Crippen molar-refractivity contribution in [2.45, 2.75) is 65.0 Å². The molecule has 2 atom stereocenters. The molecule has 0 aliphatic rings. The summed E-state index contributed by atoms with van der Waals surface area (Å²) in [5.74, 6) is 0.714. The van der Waals surface area contributed by atoms with Crippen molar-refractivity contribution < 1.29 is 19.4 Å². The Hall–Kier alpha value is -3.00.